The molecule has 0 aliphatic carbocycles. The van der Waals surface area contributed by atoms with Crippen LogP contribution >= 0.6 is 0 Å². The van der Waals surface area contributed by atoms with E-state index in [0.29, 0.717) is 29.6 Å². The van der Waals surface area contributed by atoms with E-state index in [9.17, 15) is 16.8 Å². The van der Waals surface area contributed by atoms with Crippen molar-refractivity contribution in [2.45, 2.75) is 22.6 Å². The summed E-state index contributed by atoms with van der Waals surface area (Å²) in [6.07, 6.45) is 2.95. The number of pyridine rings is 1. The predicted molar refractivity (Wildman–Crippen MR) is 128 cm³/mol. The van der Waals surface area contributed by atoms with E-state index >= 15 is 0 Å². The zero-order chi connectivity index (χ0) is 23.1. The Morgan fingerprint density at radius 3 is 2.45 bits per heavy atom. The highest BCUT2D eigenvalue weighted by Crippen LogP contribution is 2.35. The van der Waals surface area contributed by atoms with Crippen molar-refractivity contribution in [3.63, 3.8) is 0 Å². The highest BCUT2D eigenvalue weighted by Gasteiger charge is 2.29. The molecule has 1 aromatic heterocycles. The fourth-order valence-electron chi connectivity index (χ4n) is 4.08. The molecule has 5 rings (SSSR count). The van der Waals surface area contributed by atoms with Crippen LogP contribution in [-0.2, 0) is 26.5 Å². The molecule has 3 aromatic carbocycles. The van der Waals surface area contributed by atoms with E-state index in [4.69, 9.17) is 0 Å². The van der Waals surface area contributed by atoms with Gasteiger partial charge >= 0.3 is 0 Å². The lowest BCUT2D eigenvalue weighted by Gasteiger charge is -2.31. The monoisotopic (exact) mass is 479 g/mol. The number of hydrogen-bond acceptors (Lipinski definition) is 5. The average Bonchev–Trinajstić information content (AvgIpc) is 2.83. The number of aryl methyl sites for hydroxylation is 1. The molecule has 0 radical (unpaired) electrons. The smallest absolute Gasteiger partial charge is 0.264 e. The molecule has 2 heterocycles. The van der Waals surface area contributed by atoms with E-state index in [1.165, 1.54) is 10.4 Å². The first kappa shape index (κ1) is 21.4. The lowest BCUT2D eigenvalue weighted by Crippen LogP contribution is -2.35. The van der Waals surface area contributed by atoms with Gasteiger partial charge in [-0.05, 0) is 54.8 Å². The molecular formula is C24H21N3O4S2. The molecule has 0 fully saturated rings. The third-order valence-corrected chi connectivity index (χ3v) is 8.87. The summed E-state index contributed by atoms with van der Waals surface area (Å²) in [5, 5.41) is 0.714. The van der Waals surface area contributed by atoms with Crippen molar-refractivity contribution in [2.24, 2.45) is 0 Å². The Hall–Kier alpha value is -3.43. The molecule has 33 heavy (non-hydrogen) atoms. The Bertz CT molecular complexity index is 1550. The highest BCUT2D eigenvalue weighted by molar-refractivity contribution is 7.93. The molecular weight excluding hydrogens is 458 g/mol. The number of para-hydroxylation sites is 1. The fourth-order valence-corrected chi connectivity index (χ4v) is 6.86. The van der Waals surface area contributed by atoms with Gasteiger partial charge in [0.05, 0.1) is 21.8 Å². The standard InChI is InChI=1S/C24H21N3O4S2/c28-32(29,23-12-4-7-19-8-5-15-25-24(19)23)26-20-14-13-18-9-6-16-27(22(18)17-20)33(30,31)21-10-2-1-3-11-21/h1-5,7-8,10-15,17,26H,6,9,16H2. The summed E-state index contributed by atoms with van der Waals surface area (Å²) in [4.78, 5) is 4.49. The molecule has 4 aromatic rings. The van der Waals surface area contributed by atoms with Gasteiger partial charge in [-0.25, -0.2) is 16.8 Å². The van der Waals surface area contributed by atoms with Gasteiger partial charge in [-0.2, -0.15) is 0 Å². The number of rotatable bonds is 5. The maximum Gasteiger partial charge on any atom is 0.264 e. The summed E-state index contributed by atoms with van der Waals surface area (Å²) in [5.41, 5.74) is 2.01. The van der Waals surface area contributed by atoms with Crippen LogP contribution in [0.5, 0.6) is 0 Å². The van der Waals surface area contributed by atoms with Crippen LogP contribution in [0.4, 0.5) is 11.4 Å². The minimum absolute atomic E-state index is 0.0621. The van der Waals surface area contributed by atoms with E-state index in [1.54, 1.807) is 79.0 Å². The maximum absolute atomic E-state index is 13.3. The van der Waals surface area contributed by atoms with Crippen molar-refractivity contribution in [1.82, 2.24) is 4.98 Å². The van der Waals surface area contributed by atoms with E-state index in [2.05, 4.69) is 9.71 Å². The highest BCUT2D eigenvalue weighted by atomic mass is 32.2. The molecule has 0 spiro atoms. The minimum Gasteiger partial charge on any atom is -0.279 e. The third-order valence-electron chi connectivity index (χ3n) is 5.63. The van der Waals surface area contributed by atoms with Gasteiger partial charge < -0.3 is 0 Å². The summed E-state index contributed by atoms with van der Waals surface area (Å²) in [6.45, 7) is 0.327. The van der Waals surface area contributed by atoms with Gasteiger partial charge in [0.1, 0.15) is 4.90 Å². The first-order chi connectivity index (χ1) is 15.9. The van der Waals surface area contributed by atoms with Gasteiger partial charge in [-0.3, -0.25) is 14.0 Å². The maximum atomic E-state index is 13.3. The van der Waals surface area contributed by atoms with Crippen LogP contribution in [0.3, 0.4) is 0 Å². The number of sulfonamides is 2. The van der Waals surface area contributed by atoms with Crippen molar-refractivity contribution in [2.75, 3.05) is 15.6 Å². The zero-order valence-corrected chi connectivity index (χ0v) is 19.2. The first-order valence-corrected chi connectivity index (χ1v) is 13.4. The van der Waals surface area contributed by atoms with Crippen molar-refractivity contribution in [1.29, 1.82) is 0 Å². The molecule has 9 heteroatoms. The topological polar surface area (TPSA) is 96.4 Å². The lowest BCUT2D eigenvalue weighted by molar-refractivity contribution is 0.586. The Kier molecular flexibility index (Phi) is 5.30. The van der Waals surface area contributed by atoms with Crippen molar-refractivity contribution >= 4 is 42.3 Å². The Morgan fingerprint density at radius 2 is 1.64 bits per heavy atom. The average molecular weight is 480 g/mol. The van der Waals surface area contributed by atoms with Crippen molar-refractivity contribution in [3.8, 4) is 0 Å². The predicted octanol–water partition coefficient (Wildman–Crippen LogP) is 4.18. The van der Waals surface area contributed by atoms with E-state index in [0.717, 1.165) is 12.0 Å². The molecule has 1 aliphatic heterocycles. The van der Waals surface area contributed by atoms with Crippen LogP contribution in [0.25, 0.3) is 10.9 Å². The molecule has 0 saturated carbocycles. The second-order valence-electron chi connectivity index (χ2n) is 7.77. The molecule has 1 N–H and O–H groups in total. The summed E-state index contributed by atoms with van der Waals surface area (Å²) in [6, 6.07) is 21.8. The second kappa shape index (κ2) is 8.17. The quantitative estimate of drug-likeness (QED) is 0.463. The number of aromatic nitrogens is 1. The lowest BCUT2D eigenvalue weighted by atomic mass is 10.0. The summed E-state index contributed by atoms with van der Waals surface area (Å²) in [7, 11) is -7.72. The Balaban J connectivity index is 1.54. The number of fused-ring (bicyclic) bond motifs is 2. The van der Waals surface area contributed by atoms with Crippen molar-refractivity contribution < 1.29 is 16.8 Å². The van der Waals surface area contributed by atoms with Gasteiger partial charge in [-0.15, -0.1) is 0 Å². The number of nitrogens with one attached hydrogen (secondary N) is 1. The normalized spacial score (nSPS) is 14.1. The minimum atomic E-state index is -3.95. The van der Waals surface area contributed by atoms with Crippen LogP contribution in [0.2, 0.25) is 0 Å². The molecule has 0 atom stereocenters. The van der Waals surface area contributed by atoms with Crippen LogP contribution in [0, 0.1) is 0 Å². The van der Waals surface area contributed by atoms with Gasteiger partial charge in [0.25, 0.3) is 20.0 Å². The molecule has 168 valence electrons. The van der Waals surface area contributed by atoms with E-state index < -0.39 is 20.0 Å². The molecule has 0 saturated heterocycles. The number of hydrogen-bond donors (Lipinski definition) is 1. The number of benzene rings is 3. The molecule has 0 bridgehead atoms. The molecule has 7 nitrogen and oxygen atoms in total. The van der Waals surface area contributed by atoms with Crippen LogP contribution in [0.1, 0.15) is 12.0 Å². The van der Waals surface area contributed by atoms with E-state index in [1.807, 2.05) is 0 Å². The largest absolute Gasteiger partial charge is 0.279 e. The fraction of sp³-hybridized carbons (Fsp3) is 0.125. The summed E-state index contributed by atoms with van der Waals surface area (Å²) in [5.74, 6) is 0. The SMILES string of the molecule is O=S(=O)(Nc1ccc2c(c1)N(S(=O)(=O)c1ccccc1)CCC2)c1cccc2cccnc12. The van der Waals surface area contributed by atoms with Gasteiger partial charge in [0, 0.05) is 18.1 Å². The van der Waals surface area contributed by atoms with Crippen LogP contribution in [-0.4, -0.2) is 28.4 Å². The Labute approximate surface area is 192 Å². The second-order valence-corrected chi connectivity index (χ2v) is 11.3. The molecule has 0 amide bonds. The first-order valence-electron chi connectivity index (χ1n) is 10.4. The Morgan fingerprint density at radius 1 is 0.848 bits per heavy atom. The van der Waals surface area contributed by atoms with Crippen LogP contribution in [0.15, 0.2) is 94.9 Å². The molecule has 1 aliphatic rings. The number of anilines is 2. The zero-order valence-electron chi connectivity index (χ0n) is 17.5. The molecule has 0 unspecified atom stereocenters. The van der Waals surface area contributed by atoms with E-state index in [-0.39, 0.29) is 15.5 Å². The van der Waals surface area contributed by atoms with Crippen LogP contribution < -0.4 is 9.03 Å². The van der Waals surface area contributed by atoms with Crippen molar-refractivity contribution in [3.05, 3.63) is 90.6 Å². The van der Waals surface area contributed by atoms with Gasteiger partial charge in [-0.1, -0.05) is 42.5 Å². The van der Waals surface area contributed by atoms with Gasteiger partial charge in [0.2, 0.25) is 0 Å². The summed E-state index contributed by atoms with van der Waals surface area (Å²) < 4.78 is 56.9. The number of nitrogens with zero attached hydrogens (tertiary/aromatic N) is 2. The third kappa shape index (κ3) is 3.94. The van der Waals surface area contributed by atoms with Gasteiger partial charge in [0.15, 0.2) is 0 Å². The summed E-state index contributed by atoms with van der Waals surface area (Å²) >= 11 is 0.